The van der Waals surface area contributed by atoms with Crippen LogP contribution in [0.3, 0.4) is 0 Å². The molecule has 1 aliphatic heterocycles. The lowest BCUT2D eigenvalue weighted by Gasteiger charge is -2.29. The van der Waals surface area contributed by atoms with Crippen molar-refractivity contribution in [1.82, 2.24) is 9.88 Å². The Morgan fingerprint density at radius 3 is 2.86 bits per heavy atom. The number of hydrogen-bond acceptors (Lipinski definition) is 6. The van der Waals surface area contributed by atoms with Crippen LogP contribution in [0.5, 0.6) is 0 Å². The number of amides is 1. The molecule has 2 rings (SSSR count). The van der Waals surface area contributed by atoms with Crippen molar-refractivity contribution >= 4 is 21.6 Å². The molecule has 0 aromatic carbocycles. The van der Waals surface area contributed by atoms with Gasteiger partial charge in [-0.15, -0.1) is 0 Å². The highest BCUT2D eigenvalue weighted by molar-refractivity contribution is 7.92. The summed E-state index contributed by atoms with van der Waals surface area (Å²) in [5.74, 6) is 0. The lowest BCUT2D eigenvalue weighted by Crippen LogP contribution is -2.44. The molecule has 0 radical (unpaired) electrons. The van der Waals surface area contributed by atoms with Gasteiger partial charge in [0.2, 0.25) is 14.9 Å². The molecule has 0 saturated carbocycles. The first kappa shape index (κ1) is 15.2. The minimum atomic E-state index is -4.06. The average Bonchev–Trinajstić information content (AvgIpc) is 2.47. The van der Waals surface area contributed by atoms with Gasteiger partial charge in [-0.05, 0) is 18.9 Å². The van der Waals surface area contributed by atoms with Crippen molar-refractivity contribution in [3.05, 3.63) is 28.4 Å². The lowest BCUT2D eigenvalue weighted by atomic mass is 10.1. The molecule has 2 heterocycles. The Labute approximate surface area is 120 Å². The normalized spacial score (nSPS) is 19.2. The van der Waals surface area contributed by atoms with Crippen LogP contribution >= 0.6 is 0 Å². The van der Waals surface area contributed by atoms with Crippen molar-refractivity contribution < 1.29 is 23.2 Å². The third-order valence-electron chi connectivity index (χ3n) is 3.30. The Bertz CT molecular complexity index is 674. The van der Waals surface area contributed by atoms with Crippen LogP contribution in [0.15, 0.2) is 23.4 Å². The number of nitrogens with zero attached hydrogens (tertiary/aromatic N) is 3. The summed E-state index contributed by atoms with van der Waals surface area (Å²) in [6, 6.07) is 2.35. The van der Waals surface area contributed by atoms with Crippen LogP contribution in [-0.4, -0.2) is 52.8 Å². The Hall–Kier alpha value is -2.23. The minimum Gasteiger partial charge on any atom is -0.465 e. The van der Waals surface area contributed by atoms with E-state index in [0.717, 1.165) is 17.2 Å². The van der Waals surface area contributed by atoms with Crippen molar-refractivity contribution in [2.75, 3.05) is 13.1 Å². The van der Waals surface area contributed by atoms with Crippen molar-refractivity contribution in [3.63, 3.8) is 0 Å². The third-order valence-corrected chi connectivity index (χ3v) is 5.42. The van der Waals surface area contributed by atoms with Gasteiger partial charge in [0.05, 0.1) is 10.2 Å². The van der Waals surface area contributed by atoms with Gasteiger partial charge in [0.15, 0.2) is 0 Å². The van der Waals surface area contributed by atoms with Crippen LogP contribution in [0.4, 0.5) is 10.5 Å². The minimum absolute atomic E-state index is 0.203. The molecule has 9 nitrogen and oxygen atoms in total. The molecular weight excluding hydrogens is 302 g/mol. The summed E-state index contributed by atoms with van der Waals surface area (Å²) >= 11 is 0. The van der Waals surface area contributed by atoms with Gasteiger partial charge in [0.1, 0.15) is 0 Å². The molecule has 21 heavy (non-hydrogen) atoms. The smallest absolute Gasteiger partial charge is 0.407 e. The fraction of sp³-hybridized carbons (Fsp3) is 0.455. The van der Waals surface area contributed by atoms with Crippen LogP contribution in [0, 0.1) is 10.1 Å². The number of hydrogen-bond donors (Lipinski definition) is 1. The molecule has 1 atom stereocenters. The highest BCUT2D eigenvalue weighted by Crippen LogP contribution is 2.28. The standard InChI is InChI=1S/C11H13N3O6S/c15-11(16)13-6-2-3-8(7-13)21(19,20)10-9(14(17)18)4-1-5-12-10/h1,4-5,8H,2-3,6-7H2,(H,15,16). The highest BCUT2D eigenvalue weighted by Gasteiger charge is 2.38. The van der Waals surface area contributed by atoms with E-state index in [9.17, 15) is 23.3 Å². The second-order valence-electron chi connectivity index (χ2n) is 4.62. The number of rotatable bonds is 3. The van der Waals surface area contributed by atoms with Crippen molar-refractivity contribution in [3.8, 4) is 0 Å². The Morgan fingerprint density at radius 2 is 2.24 bits per heavy atom. The first-order valence-corrected chi connectivity index (χ1v) is 7.70. The molecule has 1 aliphatic rings. The summed E-state index contributed by atoms with van der Waals surface area (Å²) in [4.78, 5) is 25.7. The molecule has 1 unspecified atom stereocenters. The highest BCUT2D eigenvalue weighted by atomic mass is 32.2. The zero-order chi connectivity index (χ0) is 15.6. The molecule has 1 N–H and O–H groups in total. The first-order chi connectivity index (χ1) is 9.84. The van der Waals surface area contributed by atoms with Gasteiger partial charge in [-0.25, -0.2) is 18.2 Å². The van der Waals surface area contributed by atoms with Crippen molar-refractivity contribution in [1.29, 1.82) is 0 Å². The summed E-state index contributed by atoms with van der Waals surface area (Å²) in [5, 5.41) is 18.2. The first-order valence-electron chi connectivity index (χ1n) is 6.15. The maximum Gasteiger partial charge on any atom is 0.407 e. The van der Waals surface area contributed by atoms with E-state index in [1.54, 1.807) is 0 Å². The van der Waals surface area contributed by atoms with Gasteiger partial charge in [-0.3, -0.25) is 10.1 Å². The number of carbonyl (C=O) groups is 1. The topological polar surface area (TPSA) is 131 Å². The van der Waals surface area contributed by atoms with E-state index in [4.69, 9.17) is 5.11 Å². The maximum absolute atomic E-state index is 12.5. The third kappa shape index (κ3) is 2.94. The Balaban J connectivity index is 2.38. The van der Waals surface area contributed by atoms with E-state index in [1.165, 1.54) is 6.07 Å². The van der Waals surface area contributed by atoms with Gasteiger partial charge in [0, 0.05) is 25.4 Å². The summed E-state index contributed by atoms with van der Waals surface area (Å²) in [6.45, 7) is 0.0526. The Morgan fingerprint density at radius 1 is 1.52 bits per heavy atom. The number of pyridine rings is 1. The number of sulfone groups is 1. The van der Waals surface area contributed by atoms with Crippen LogP contribution in [0.1, 0.15) is 12.8 Å². The molecule has 0 bridgehead atoms. The summed E-state index contributed by atoms with van der Waals surface area (Å²) in [6.07, 6.45) is 0.597. The number of aromatic nitrogens is 1. The van der Waals surface area contributed by atoms with Crippen LogP contribution < -0.4 is 0 Å². The quantitative estimate of drug-likeness (QED) is 0.647. The second-order valence-corrected chi connectivity index (χ2v) is 6.77. The largest absolute Gasteiger partial charge is 0.465 e. The van der Waals surface area contributed by atoms with E-state index in [1.807, 2.05) is 0 Å². The monoisotopic (exact) mass is 315 g/mol. The van der Waals surface area contributed by atoms with Gasteiger partial charge in [-0.1, -0.05) is 0 Å². The molecule has 114 valence electrons. The molecule has 1 saturated heterocycles. The van der Waals surface area contributed by atoms with E-state index in [-0.39, 0.29) is 19.5 Å². The fourth-order valence-electron chi connectivity index (χ4n) is 2.26. The SMILES string of the molecule is O=C(O)N1CCCC(S(=O)(=O)c2ncccc2[N+](=O)[O-])C1. The van der Waals surface area contributed by atoms with Crippen LogP contribution in [0.2, 0.25) is 0 Å². The predicted octanol–water partition coefficient (Wildman–Crippen LogP) is 0.906. The molecule has 0 aliphatic carbocycles. The number of nitro groups is 1. The molecule has 1 aromatic heterocycles. The van der Waals surface area contributed by atoms with Gasteiger partial charge < -0.3 is 10.0 Å². The predicted molar refractivity (Wildman–Crippen MR) is 70.7 cm³/mol. The van der Waals surface area contributed by atoms with E-state index in [2.05, 4.69) is 4.98 Å². The van der Waals surface area contributed by atoms with E-state index in [0.29, 0.717) is 6.42 Å². The zero-order valence-corrected chi connectivity index (χ0v) is 11.7. The summed E-state index contributed by atoms with van der Waals surface area (Å²) in [5.41, 5.74) is -0.593. The maximum atomic E-state index is 12.5. The molecule has 1 aromatic rings. The van der Waals surface area contributed by atoms with Gasteiger partial charge >= 0.3 is 11.8 Å². The Kier molecular flexibility index (Phi) is 4.07. The van der Waals surface area contributed by atoms with Gasteiger partial charge in [0.25, 0.3) is 0 Å². The van der Waals surface area contributed by atoms with Crippen LogP contribution in [-0.2, 0) is 9.84 Å². The summed E-state index contributed by atoms with van der Waals surface area (Å²) < 4.78 is 25.0. The lowest BCUT2D eigenvalue weighted by molar-refractivity contribution is -0.388. The van der Waals surface area contributed by atoms with Crippen LogP contribution in [0.25, 0.3) is 0 Å². The molecule has 1 fully saturated rings. The molecule has 0 spiro atoms. The van der Waals surface area contributed by atoms with E-state index < -0.39 is 36.8 Å². The van der Waals surface area contributed by atoms with Gasteiger partial charge in [-0.2, -0.15) is 0 Å². The van der Waals surface area contributed by atoms with Crippen molar-refractivity contribution in [2.24, 2.45) is 0 Å². The fourth-order valence-corrected chi connectivity index (χ4v) is 4.07. The number of carboxylic acid groups (broad SMARTS) is 1. The number of likely N-dealkylation sites (tertiary alicyclic amines) is 1. The number of piperidine rings is 1. The molecule has 10 heteroatoms. The second kappa shape index (κ2) is 5.64. The van der Waals surface area contributed by atoms with E-state index >= 15 is 0 Å². The average molecular weight is 315 g/mol. The molecular formula is C11H13N3O6S. The molecule has 1 amide bonds. The summed E-state index contributed by atoms with van der Waals surface area (Å²) in [7, 11) is -4.06. The van der Waals surface area contributed by atoms with Crippen molar-refractivity contribution in [2.45, 2.75) is 23.1 Å². The zero-order valence-electron chi connectivity index (χ0n) is 10.9.